The fraction of sp³-hybridized carbons (Fsp3) is 0.500. The molecular formula is C14H20N2O. The van der Waals surface area contributed by atoms with Crippen molar-refractivity contribution in [3.8, 4) is 0 Å². The Hall–Kier alpha value is -1.35. The molecule has 1 amide bonds. The summed E-state index contributed by atoms with van der Waals surface area (Å²) in [6.07, 6.45) is 2.41. The molecule has 1 heterocycles. The predicted octanol–water partition coefficient (Wildman–Crippen LogP) is 2.42. The minimum Gasteiger partial charge on any atom is -0.325 e. The average molecular weight is 232 g/mol. The third kappa shape index (κ3) is 3.30. The first kappa shape index (κ1) is 12.1. The van der Waals surface area contributed by atoms with Gasteiger partial charge in [0.1, 0.15) is 0 Å². The van der Waals surface area contributed by atoms with Crippen molar-refractivity contribution in [2.75, 3.05) is 18.4 Å². The molecule has 2 rings (SSSR count). The van der Waals surface area contributed by atoms with E-state index in [0.29, 0.717) is 12.6 Å². The highest BCUT2D eigenvalue weighted by molar-refractivity contribution is 5.92. The van der Waals surface area contributed by atoms with Gasteiger partial charge in [0.15, 0.2) is 0 Å². The molecule has 0 spiro atoms. The molecule has 0 saturated carbocycles. The number of nitrogens with zero attached hydrogens (tertiary/aromatic N) is 1. The summed E-state index contributed by atoms with van der Waals surface area (Å²) in [6, 6.07) is 8.45. The van der Waals surface area contributed by atoms with Gasteiger partial charge < -0.3 is 5.32 Å². The number of nitrogens with one attached hydrogen (secondary N) is 1. The van der Waals surface area contributed by atoms with Gasteiger partial charge in [-0.2, -0.15) is 0 Å². The number of carbonyl (C=O) groups excluding carboxylic acids is 1. The van der Waals surface area contributed by atoms with Gasteiger partial charge in [-0.15, -0.1) is 0 Å². The van der Waals surface area contributed by atoms with Gasteiger partial charge in [0, 0.05) is 11.7 Å². The topological polar surface area (TPSA) is 32.3 Å². The lowest BCUT2D eigenvalue weighted by molar-refractivity contribution is -0.117. The molecule has 1 saturated heterocycles. The van der Waals surface area contributed by atoms with E-state index in [9.17, 15) is 4.79 Å². The molecule has 1 atom stereocenters. The largest absolute Gasteiger partial charge is 0.325 e. The van der Waals surface area contributed by atoms with Crippen molar-refractivity contribution in [1.82, 2.24) is 4.90 Å². The molecule has 1 aliphatic rings. The van der Waals surface area contributed by atoms with Gasteiger partial charge in [-0.05, 0) is 50.9 Å². The van der Waals surface area contributed by atoms with Crippen LogP contribution < -0.4 is 5.32 Å². The first-order chi connectivity index (χ1) is 8.15. The van der Waals surface area contributed by atoms with Crippen LogP contribution in [0.15, 0.2) is 24.3 Å². The molecule has 1 aromatic rings. The molecule has 1 N–H and O–H groups in total. The average Bonchev–Trinajstić information content (AvgIpc) is 2.64. The van der Waals surface area contributed by atoms with Crippen molar-refractivity contribution in [1.29, 1.82) is 0 Å². The predicted molar refractivity (Wildman–Crippen MR) is 70.1 cm³/mol. The summed E-state index contributed by atoms with van der Waals surface area (Å²) in [5, 5.41) is 2.95. The number of hydrogen-bond acceptors (Lipinski definition) is 2. The van der Waals surface area contributed by atoms with E-state index in [4.69, 9.17) is 0 Å². The van der Waals surface area contributed by atoms with E-state index in [1.54, 1.807) is 0 Å². The van der Waals surface area contributed by atoms with Crippen LogP contribution in [0.1, 0.15) is 25.3 Å². The van der Waals surface area contributed by atoms with Crippen molar-refractivity contribution in [3.63, 3.8) is 0 Å². The Bertz CT molecular complexity index is 403. The van der Waals surface area contributed by atoms with Crippen LogP contribution in [0.25, 0.3) is 0 Å². The molecule has 0 aromatic heterocycles. The van der Waals surface area contributed by atoms with E-state index in [1.165, 1.54) is 12.8 Å². The van der Waals surface area contributed by atoms with E-state index in [2.05, 4.69) is 17.1 Å². The SMILES string of the molecule is Cc1cccc(NC(=O)CN2CCCC2C)c1. The van der Waals surface area contributed by atoms with Crippen molar-refractivity contribution >= 4 is 11.6 Å². The fourth-order valence-corrected chi connectivity index (χ4v) is 2.34. The maximum Gasteiger partial charge on any atom is 0.238 e. The molecule has 1 aliphatic heterocycles. The second-order valence-corrected chi connectivity index (χ2v) is 4.88. The van der Waals surface area contributed by atoms with Crippen molar-refractivity contribution in [2.45, 2.75) is 32.7 Å². The van der Waals surface area contributed by atoms with Gasteiger partial charge in [-0.3, -0.25) is 9.69 Å². The molecule has 1 unspecified atom stereocenters. The van der Waals surface area contributed by atoms with Crippen LogP contribution in [0.3, 0.4) is 0 Å². The minimum absolute atomic E-state index is 0.0874. The summed E-state index contributed by atoms with van der Waals surface area (Å²) in [4.78, 5) is 14.1. The van der Waals surface area contributed by atoms with Crippen LogP contribution in [0.4, 0.5) is 5.69 Å². The van der Waals surface area contributed by atoms with Crippen LogP contribution in [-0.2, 0) is 4.79 Å². The molecule has 0 bridgehead atoms. The smallest absolute Gasteiger partial charge is 0.238 e. The second-order valence-electron chi connectivity index (χ2n) is 4.88. The van der Waals surface area contributed by atoms with Gasteiger partial charge in [0.25, 0.3) is 0 Å². The van der Waals surface area contributed by atoms with E-state index in [-0.39, 0.29) is 5.91 Å². The van der Waals surface area contributed by atoms with Gasteiger partial charge >= 0.3 is 0 Å². The van der Waals surface area contributed by atoms with Crippen LogP contribution in [0.2, 0.25) is 0 Å². The van der Waals surface area contributed by atoms with E-state index < -0.39 is 0 Å². The highest BCUT2D eigenvalue weighted by Crippen LogP contribution is 2.16. The number of aryl methyl sites for hydroxylation is 1. The van der Waals surface area contributed by atoms with Gasteiger partial charge in [0.2, 0.25) is 5.91 Å². The Morgan fingerprint density at radius 1 is 1.53 bits per heavy atom. The van der Waals surface area contributed by atoms with E-state index >= 15 is 0 Å². The molecule has 0 aliphatic carbocycles. The molecule has 0 radical (unpaired) electrons. The Balaban J connectivity index is 1.89. The number of anilines is 1. The van der Waals surface area contributed by atoms with Crippen LogP contribution >= 0.6 is 0 Å². The monoisotopic (exact) mass is 232 g/mol. The first-order valence-electron chi connectivity index (χ1n) is 6.26. The quantitative estimate of drug-likeness (QED) is 0.868. The van der Waals surface area contributed by atoms with E-state index in [1.807, 2.05) is 31.2 Å². The third-order valence-electron chi connectivity index (χ3n) is 3.34. The first-order valence-corrected chi connectivity index (χ1v) is 6.26. The lowest BCUT2D eigenvalue weighted by Crippen LogP contribution is -2.35. The normalized spacial score (nSPS) is 20.5. The number of benzene rings is 1. The summed E-state index contributed by atoms with van der Waals surface area (Å²) < 4.78 is 0. The highest BCUT2D eigenvalue weighted by atomic mass is 16.2. The van der Waals surface area contributed by atoms with Crippen molar-refractivity contribution < 1.29 is 4.79 Å². The third-order valence-corrected chi connectivity index (χ3v) is 3.34. The molecule has 1 aromatic carbocycles. The number of likely N-dealkylation sites (tertiary alicyclic amines) is 1. The van der Waals surface area contributed by atoms with Gasteiger partial charge in [-0.1, -0.05) is 12.1 Å². The number of hydrogen-bond donors (Lipinski definition) is 1. The Morgan fingerprint density at radius 2 is 2.35 bits per heavy atom. The van der Waals surface area contributed by atoms with Crippen LogP contribution in [0, 0.1) is 6.92 Å². The molecule has 17 heavy (non-hydrogen) atoms. The summed E-state index contributed by atoms with van der Waals surface area (Å²) in [7, 11) is 0. The standard InChI is InChI=1S/C14H20N2O/c1-11-5-3-7-13(9-11)15-14(17)10-16-8-4-6-12(16)2/h3,5,7,9,12H,4,6,8,10H2,1-2H3,(H,15,17). The fourth-order valence-electron chi connectivity index (χ4n) is 2.34. The van der Waals surface area contributed by atoms with Crippen molar-refractivity contribution in [3.05, 3.63) is 29.8 Å². The Morgan fingerprint density at radius 3 is 3.00 bits per heavy atom. The van der Waals surface area contributed by atoms with Gasteiger partial charge in [-0.25, -0.2) is 0 Å². The summed E-state index contributed by atoms with van der Waals surface area (Å²) in [6.45, 7) is 5.77. The second kappa shape index (κ2) is 5.32. The number of carbonyl (C=O) groups is 1. The molecular weight excluding hydrogens is 212 g/mol. The zero-order valence-corrected chi connectivity index (χ0v) is 10.6. The summed E-state index contributed by atoms with van der Waals surface area (Å²) >= 11 is 0. The highest BCUT2D eigenvalue weighted by Gasteiger charge is 2.22. The molecule has 92 valence electrons. The van der Waals surface area contributed by atoms with Crippen molar-refractivity contribution in [2.24, 2.45) is 0 Å². The molecule has 3 heteroatoms. The van der Waals surface area contributed by atoms with E-state index in [0.717, 1.165) is 17.8 Å². The molecule has 1 fully saturated rings. The zero-order valence-electron chi connectivity index (χ0n) is 10.6. The number of rotatable bonds is 3. The summed E-state index contributed by atoms with van der Waals surface area (Å²) in [5.41, 5.74) is 2.05. The summed E-state index contributed by atoms with van der Waals surface area (Å²) in [5.74, 6) is 0.0874. The zero-order chi connectivity index (χ0) is 12.3. The van der Waals surface area contributed by atoms with Gasteiger partial charge in [0.05, 0.1) is 6.54 Å². The maximum absolute atomic E-state index is 11.9. The maximum atomic E-state index is 11.9. The Labute approximate surface area is 103 Å². The van der Waals surface area contributed by atoms with Crippen LogP contribution in [0.5, 0.6) is 0 Å². The Kier molecular flexibility index (Phi) is 3.79. The lowest BCUT2D eigenvalue weighted by atomic mass is 10.2. The molecule has 3 nitrogen and oxygen atoms in total. The minimum atomic E-state index is 0.0874. The number of amides is 1. The lowest BCUT2D eigenvalue weighted by Gasteiger charge is -2.20. The van der Waals surface area contributed by atoms with Crippen LogP contribution in [-0.4, -0.2) is 29.9 Å².